The number of rotatable bonds is 4. The summed E-state index contributed by atoms with van der Waals surface area (Å²) in [7, 11) is 0. The number of hydrogen-bond donors (Lipinski definition) is 2. The van der Waals surface area contributed by atoms with Gasteiger partial charge in [-0.25, -0.2) is 9.48 Å². The molecule has 0 radical (unpaired) electrons. The smallest absolute Gasteiger partial charge is 0.341 e. The molecule has 0 unspecified atom stereocenters. The van der Waals surface area contributed by atoms with Crippen LogP contribution in [0.4, 0.5) is 5.82 Å². The van der Waals surface area contributed by atoms with Crippen LogP contribution < -0.4 is 4.90 Å². The van der Waals surface area contributed by atoms with Gasteiger partial charge in [-0.15, -0.1) is 0 Å². The Kier molecular flexibility index (Phi) is 3.11. The van der Waals surface area contributed by atoms with Gasteiger partial charge < -0.3 is 10.2 Å². The van der Waals surface area contributed by atoms with E-state index in [0.717, 1.165) is 11.1 Å². The van der Waals surface area contributed by atoms with Crippen LogP contribution in [0.15, 0.2) is 6.20 Å². The number of aliphatic hydroxyl groups excluding tert-OH is 1. The zero-order chi connectivity index (χ0) is 13.3. The second kappa shape index (κ2) is 4.57. The minimum absolute atomic E-state index is 0.0485. The van der Waals surface area contributed by atoms with Crippen molar-refractivity contribution in [1.29, 1.82) is 0 Å². The first-order valence-corrected chi connectivity index (χ1v) is 5.26. The van der Waals surface area contributed by atoms with Crippen molar-refractivity contribution in [2.24, 2.45) is 0 Å². The minimum atomic E-state index is -1.23. The Balaban J connectivity index is 2.46. The van der Waals surface area contributed by atoms with Gasteiger partial charge in [0.1, 0.15) is 11.4 Å². The van der Waals surface area contributed by atoms with Crippen molar-refractivity contribution >= 4 is 23.5 Å². The zero-order valence-corrected chi connectivity index (χ0v) is 9.37. The van der Waals surface area contributed by atoms with E-state index < -0.39 is 11.9 Å². The Morgan fingerprint density at radius 1 is 1.44 bits per heavy atom. The summed E-state index contributed by atoms with van der Waals surface area (Å²) in [6.07, 6.45) is 0.868. The summed E-state index contributed by atoms with van der Waals surface area (Å²) in [4.78, 5) is 35.0. The van der Waals surface area contributed by atoms with Crippen molar-refractivity contribution in [3.8, 4) is 0 Å². The van der Waals surface area contributed by atoms with Crippen LogP contribution in [0.3, 0.4) is 0 Å². The van der Waals surface area contributed by atoms with Crippen LogP contribution in [0.1, 0.15) is 16.8 Å². The molecular weight excluding hydrogens is 242 g/mol. The summed E-state index contributed by atoms with van der Waals surface area (Å²) in [5, 5.41) is 21.7. The van der Waals surface area contributed by atoms with Gasteiger partial charge in [-0.1, -0.05) is 0 Å². The highest BCUT2D eigenvalue weighted by atomic mass is 16.4. The summed E-state index contributed by atoms with van der Waals surface area (Å²) in [6.45, 7) is -0.347. The number of aromatic carboxylic acids is 1. The third-order valence-corrected chi connectivity index (χ3v) is 2.59. The third kappa shape index (κ3) is 1.97. The number of carboxylic acid groups (broad SMARTS) is 1. The number of nitrogens with zero attached hydrogens (tertiary/aromatic N) is 3. The molecule has 0 bridgehead atoms. The summed E-state index contributed by atoms with van der Waals surface area (Å²) in [5.74, 6) is -1.91. The molecule has 0 aliphatic carbocycles. The van der Waals surface area contributed by atoms with Crippen LogP contribution in [0.25, 0.3) is 0 Å². The first kappa shape index (κ1) is 12.2. The second-order valence-electron chi connectivity index (χ2n) is 3.83. The number of carbonyl (C=O) groups is 3. The molecule has 8 heteroatoms. The highest BCUT2D eigenvalue weighted by Crippen LogP contribution is 2.24. The Bertz CT molecular complexity index is 522. The fourth-order valence-corrected chi connectivity index (χ4v) is 1.85. The maximum atomic E-state index is 11.6. The molecule has 1 amide bonds. The van der Waals surface area contributed by atoms with Gasteiger partial charge in [-0.05, 0) is 0 Å². The van der Waals surface area contributed by atoms with Crippen molar-refractivity contribution in [3.63, 3.8) is 0 Å². The zero-order valence-electron chi connectivity index (χ0n) is 9.37. The van der Waals surface area contributed by atoms with Crippen LogP contribution in [0.2, 0.25) is 0 Å². The van der Waals surface area contributed by atoms with Crippen LogP contribution in [0, 0.1) is 0 Å². The van der Waals surface area contributed by atoms with Crippen LogP contribution in [-0.4, -0.2) is 50.8 Å². The molecule has 96 valence electrons. The summed E-state index contributed by atoms with van der Waals surface area (Å²) >= 11 is 0. The number of anilines is 1. The van der Waals surface area contributed by atoms with E-state index in [4.69, 9.17) is 10.2 Å². The van der Waals surface area contributed by atoms with E-state index in [0.29, 0.717) is 0 Å². The van der Waals surface area contributed by atoms with Crippen LogP contribution in [0.5, 0.6) is 0 Å². The van der Waals surface area contributed by atoms with Gasteiger partial charge in [0.05, 0.1) is 32.3 Å². The van der Waals surface area contributed by atoms with Crippen molar-refractivity contribution in [2.45, 2.75) is 13.0 Å². The van der Waals surface area contributed by atoms with Crippen molar-refractivity contribution in [3.05, 3.63) is 11.8 Å². The number of hydrogen-bond acceptors (Lipinski definition) is 5. The number of carbonyl (C=O) groups excluding carboxylic acids is 2. The fourth-order valence-electron chi connectivity index (χ4n) is 1.85. The molecule has 0 saturated carbocycles. The SMILES string of the molecule is O=C1CC(=O)N(c2c(C(=O)O)cnn2CCO)C1. The molecule has 1 fully saturated rings. The summed E-state index contributed by atoms with van der Waals surface area (Å²) in [5.41, 5.74) is -0.161. The Hall–Kier alpha value is -2.22. The average molecular weight is 253 g/mol. The highest BCUT2D eigenvalue weighted by molar-refractivity contribution is 6.16. The number of carboxylic acids is 1. The third-order valence-electron chi connectivity index (χ3n) is 2.59. The highest BCUT2D eigenvalue weighted by Gasteiger charge is 2.34. The van der Waals surface area contributed by atoms with Crippen LogP contribution >= 0.6 is 0 Å². The average Bonchev–Trinajstić information content (AvgIpc) is 2.82. The fraction of sp³-hybridized carbons (Fsp3) is 0.400. The van der Waals surface area contributed by atoms with E-state index in [9.17, 15) is 14.4 Å². The molecule has 1 saturated heterocycles. The van der Waals surface area contributed by atoms with Crippen molar-refractivity contribution < 1.29 is 24.6 Å². The maximum Gasteiger partial charge on any atom is 0.341 e. The lowest BCUT2D eigenvalue weighted by Gasteiger charge is -2.17. The molecule has 0 aromatic carbocycles. The molecule has 1 aromatic heterocycles. The van der Waals surface area contributed by atoms with Gasteiger partial charge in [0.15, 0.2) is 5.78 Å². The van der Waals surface area contributed by atoms with E-state index in [1.54, 1.807) is 0 Å². The van der Waals surface area contributed by atoms with E-state index in [1.807, 2.05) is 0 Å². The molecular formula is C10H11N3O5. The monoisotopic (exact) mass is 253 g/mol. The van der Waals surface area contributed by atoms with Gasteiger partial charge in [-0.3, -0.25) is 14.5 Å². The molecule has 2 heterocycles. The Morgan fingerprint density at radius 2 is 2.17 bits per heavy atom. The van der Waals surface area contributed by atoms with Crippen LogP contribution in [-0.2, 0) is 16.1 Å². The number of Topliss-reactive ketones (excluding diaryl/α,β-unsaturated/α-hetero) is 1. The molecule has 18 heavy (non-hydrogen) atoms. The first-order valence-electron chi connectivity index (χ1n) is 5.26. The molecule has 1 aliphatic heterocycles. The lowest BCUT2D eigenvalue weighted by molar-refractivity contribution is -0.121. The standard InChI is InChI=1S/C10H11N3O5/c14-2-1-13-9(7(4-11-13)10(17)18)12-5-6(15)3-8(12)16/h4,14H,1-3,5H2,(H,17,18). The molecule has 1 aromatic rings. The molecule has 1 aliphatic rings. The van der Waals surface area contributed by atoms with E-state index in [-0.39, 0.29) is 43.3 Å². The van der Waals surface area contributed by atoms with E-state index >= 15 is 0 Å². The van der Waals surface area contributed by atoms with Gasteiger partial charge in [-0.2, -0.15) is 5.10 Å². The maximum absolute atomic E-state index is 11.6. The van der Waals surface area contributed by atoms with Gasteiger partial charge in [0.2, 0.25) is 5.91 Å². The summed E-state index contributed by atoms with van der Waals surface area (Å²) < 4.78 is 1.21. The van der Waals surface area contributed by atoms with Crippen molar-refractivity contribution in [1.82, 2.24) is 9.78 Å². The number of aromatic nitrogens is 2. The van der Waals surface area contributed by atoms with Gasteiger partial charge >= 0.3 is 5.97 Å². The van der Waals surface area contributed by atoms with Crippen molar-refractivity contribution in [2.75, 3.05) is 18.1 Å². The molecule has 2 rings (SSSR count). The largest absolute Gasteiger partial charge is 0.477 e. The molecule has 0 atom stereocenters. The molecule has 2 N–H and O–H groups in total. The van der Waals surface area contributed by atoms with E-state index in [1.165, 1.54) is 4.68 Å². The minimum Gasteiger partial charge on any atom is -0.477 e. The second-order valence-corrected chi connectivity index (χ2v) is 3.83. The Labute approximate surface area is 101 Å². The summed E-state index contributed by atoms with van der Waals surface area (Å²) in [6, 6.07) is 0. The number of aliphatic hydroxyl groups is 1. The predicted molar refractivity (Wildman–Crippen MR) is 58.2 cm³/mol. The lowest BCUT2D eigenvalue weighted by atomic mass is 10.3. The quantitative estimate of drug-likeness (QED) is 0.657. The number of amides is 1. The normalized spacial score (nSPS) is 15.5. The number of ketones is 1. The molecule has 0 spiro atoms. The lowest BCUT2D eigenvalue weighted by Crippen LogP contribution is -2.29. The predicted octanol–water partition coefficient (Wildman–Crippen LogP) is -1.12. The topological polar surface area (TPSA) is 113 Å². The molecule has 8 nitrogen and oxygen atoms in total. The van der Waals surface area contributed by atoms with Gasteiger partial charge in [0, 0.05) is 0 Å². The van der Waals surface area contributed by atoms with E-state index in [2.05, 4.69) is 5.10 Å². The Morgan fingerprint density at radius 3 is 2.67 bits per heavy atom. The van der Waals surface area contributed by atoms with Gasteiger partial charge in [0.25, 0.3) is 0 Å². The first-order chi connectivity index (χ1) is 8.54.